The van der Waals surface area contributed by atoms with Gasteiger partial charge in [-0.1, -0.05) is 30.3 Å². The van der Waals surface area contributed by atoms with E-state index < -0.39 is 11.9 Å². The van der Waals surface area contributed by atoms with Crippen LogP contribution in [0.4, 0.5) is 0 Å². The molecule has 0 amide bonds. The number of hydrogen-bond donors (Lipinski definition) is 2. The molecule has 2 aromatic carbocycles. The third-order valence-corrected chi connectivity index (χ3v) is 5.55. The van der Waals surface area contributed by atoms with Gasteiger partial charge >= 0.3 is 5.97 Å². The van der Waals surface area contributed by atoms with E-state index >= 15 is 0 Å². The molecule has 2 heterocycles. The summed E-state index contributed by atoms with van der Waals surface area (Å²) in [5, 5.41) is 20.1. The molecule has 0 saturated heterocycles. The lowest BCUT2D eigenvalue weighted by molar-refractivity contribution is -0.130. The predicted octanol–water partition coefficient (Wildman–Crippen LogP) is 4.32. The lowest BCUT2D eigenvalue weighted by Crippen LogP contribution is -2.13. The molecule has 0 radical (unpaired) electrons. The number of carboxylic acids is 1. The van der Waals surface area contributed by atoms with Crippen LogP contribution in [0.15, 0.2) is 70.0 Å². The molecule has 0 aliphatic heterocycles. The Bertz CT molecular complexity index is 1450. The number of aliphatic carboxylic acids is 1. The number of aromatic hydroxyl groups is 1. The van der Waals surface area contributed by atoms with Gasteiger partial charge in [0.2, 0.25) is 0 Å². The van der Waals surface area contributed by atoms with Crippen LogP contribution in [0.2, 0.25) is 0 Å². The number of aryl methyl sites for hydroxylation is 1. The third-order valence-electron chi connectivity index (χ3n) is 5.55. The van der Waals surface area contributed by atoms with Gasteiger partial charge in [-0.05, 0) is 47.9 Å². The smallest absolute Gasteiger partial charge is 0.336 e. The fraction of sp³-hybridized carbons (Fsp3) is 0.0800. The highest BCUT2D eigenvalue weighted by Gasteiger charge is 2.32. The zero-order valence-electron chi connectivity index (χ0n) is 16.5. The topological polar surface area (TPSA) is 101 Å². The summed E-state index contributed by atoms with van der Waals surface area (Å²) in [6.45, 7) is 1.87. The highest BCUT2D eigenvalue weighted by atomic mass is 16.4. The summed E-state index contributed by atoms with van der Waals surface area (Å²) in [6.07, 6.45) is 3.09. The average molecular weight is 411 g/mol. The second kappa shape index (κ2) is 6.95. The number of rotatable bonds is 2. The largest absolute Gasteiger partial charge is 0.508 e. The Morgan fingerprint density at radius 2 is 1.90 bits per heavy atom. The van der Waals surface area contributed by atoms with Crippen molar-refractivity contribution in [1.82, 2.24) is 4.98 Å². The SMILES string of the molecule is Cc1ccc(C2c3ccccc3C(C(=O)O)=Cc3c2oc2cc(O)ccc2c3=O)cn1. The van der Waals surface area contributed by atoms with Crippen molar-refractivity contribution in [3.63, 3.8) is 0 Å². The average Bonchev–Trinajstić information content (AvgIpc) is 2.89. The first-order valence-corrected chi connectivity index (χ1v) is 9.70. The molecule has 6 heteroatoms. The fourth-order valence-electron chi connectivity index (χ4n) is 4.08. The highest BCUT2D eigenvalue weighted by molar-refractivity contribution is 6.21. The molecule has 2 N–H and O–H groups in total. The van der Waals surface area contributed by atoms with Crippen LogP contribution in [0.5, 0.6) is 5.75 Å². The van der Waals surface area contributed by atoms with Gasteiger partial charge in [-0.2, -0.15) is 0 Å². The minimum absolute atomic E-state index is 0.0184. The van der Waals surface area contributed by atoms with Gasteiger partial charge in [0.25, 0.3) is 0 Å². The lowest BCUT2D eigenvalue weighted by atomic mass is 9.85. The first-order chi connectivity index (χ1) is 14.9. The Morgan fingerprint density at radius 1 is 1.10 bits per heavy atom. The number of pyridine rings is 1. The molecule has 0 saturated carbocycles. The van der Waals surface area contributed by atoms with E-state index in [2.05, 4.69) is 4.98 Å². The van der Waals surface area contributed by atoms with Crippen molar-refractivity contribution in [2.45, 2.75) is 12.8 Å². The quantitative estimate of drug-likeness (QED) is 0.509. The number of fused-ring (bicyclic) bond motifs is 3. The number of benzene rings is 2. The van der Waals surface area contributed by atoms with Crippen molar-refractivity contribution in [1.29, 1.82) is 0 Å². The lowest BCUT2D eigenvalue weighted by Gasteiger charge is -2.20. The maximum atomic E-state index is 13.4. The van der Waals surface area contributed by atoms with Gasteiger partial charge in [0.15, 0.2) is 5.43 Å². The van der Waals surface area contributed by atoms with E-state index in [1.807, 2.05) is 31.2 Å². The Hall–Kier alpha value is -4.19. The molecule has 5 rings (SSSR count). The van der Waals surface area contributed by atoms with E-state index in [1.165, 1.54) is 24.3 Å². The highest BCUT2D eigenvalue weighted by Crippen LogP contribution is 2.41. The molecule has 0 bridgehead atoms. The number of carbonyl (C=O) groups is 1. The maximum absolute atomic E-state index is 13.4. The number of carboxylic acid groups (broad SMARTS) is 1. The second-order valence-corrected chi connectivity index (χ2v) is 7.51. The molecular weight excluding hydrogens is 394 g/mol. The molecule has 4 aromatic rings. The van der Waals surface area contributed by atoms with Crippen LogP contribution >= 0.6 is 0 Å². The van der Waals surface area contributed by atoms with E-state index in [0.29, 0.717) is 16.9 Å². The molecule has 0 fully saturated rings. The van der Waals surface area contributed by atoms with Gasteiger partial charge in [0, 0.05) is 18.0 Å². The van der Waals surface area contributed by atoms with Crippen LogP contribution in [-0.2, 0) is 4.79 Å². The monoisotopic (exact) mass is 411 g/mol. The van der Waals surface area contributed by atoms with Crippen molar-refractivity contribution < 1.29 is 19.4 Å². The minimum Gasteiger partial charge on any atom is -0.508 e. The molecule has 6 nitrogen and oxygen atoms in total. The minimum atomic E-state index is -1.13. The molecule has 152 valence electrons. The zero-order chi connectivity index (χ0) is 21.7. The zero-order valence-corrected chi connectivity index (χ0v) is 16.5. The number of phenolic OH excluding ortho intramolecular Hbond substituents is 1. The summed E-state index contributed by atoms with van der Waals surface area (Å²) in [6, 6.07) is 15.2. The van der Waals surface area contributed by atoms with Crippen molar-refractivity contribution >= 4 is 28.6 Å². The Kier molecular flexibility index (Phi) is 4.22. The first-order valence-electron chi connectivity index (χ1n) is 9.70. The van der Waals surface area contributed by atoms with E-state index in [-0.39, 0.29) is 33.3 Å². The van der Waals surface area contributed by atoms with Crippen LogP contribution in [0.1, 0.15) is 39.6 Å². The van der Waals surface area contributed by atoms with Gasteiger partial charge in [0.05, 0.1) is 22.4 Å². The van der Waals surface area contributed by atoms with Gasteiger partial charge in [-0.3, -0.25) is 9.78 Å². The van der Waals surface area contributed by atoms with E-state index in [9.17, 15) is 19.8 Å². The van der Waals surface area contributed by atoms with Crippen LogP contribution in [-0.4, -0.2) is 21.2 Å². The summed E-state index contributed by atoms with van der Waals surface area (Å²) in [4.78, 5) is 29.9. The van der Waals surface area contributed by atoms with E-state index in [1.54, 1.807) is 18.3 Å². The van der Waals surface area contributed by atoms with Gasteiger partial charge in [-0.25, -0.2) is 4.79 Å². The molecule has 1 aliphatic rings. The summed E-state index contributed by atoms with van der Waals surface area (Å²) >= 11 is 0. The number of nitrogens with zero attached hydrogens (tertiary/aromatic N) is 1. The molecule has 1 aliphatic carbocycles. The van der Waals surface area contributed by atoms with Crippen LogP contribution in [0, 0.1) is 6.92 Å². The number of aromatic nitrogens is 1. The van der Waals surface area contributed by atoms with Gasteiger partial charge in [0.1, 0.15) is 17.1 Å². The number of hydrogen-bond acceptors (Lipinski definition) is 5. The fourth-order valence-corrected chi connectivity index (χ4v) is 4.08. The second-order valence-electron chi connectivity index (χ2n) is 7.51. The van der Waals surface area contributed by atoms with Gasteiger partial charge in [-0.15, -0.1) is 0 Å². The first kappa shape index (κ1) is 18.8. The van der Waals surface area contributed by atoms with Crippen molar-refractivity contribution in [3.8, 4) is 5.75 Å². The third kappa shape index (κ3) is 3.00. The Morgan fingerprint density at radius 3 is 2.65 bits per heavy atom. The molecular formula is C25H17NO5. The normalized spacial score (nSPS) is 15.0. The summed E-state index contributed by atoms with van der Waals surface area (Å²) in [7, 11) is 0. The summed E-state index contributed by atoms with van der Waals surface area (Å²) < 4.78 is 6.18. The molecule has 1 unspecified atom stereocenters. The predicted molar refractivity (Wildman–Crippen MR) is 116 cm³/mol. The van der Waals surface area contributed by atoms with Crippen molar-refractivity contribution in [3.05, 3.63) is 105 Å². The van der Waals surface area contributed by atoms with Crippen LogP contribution in [0.25, 0.3) is 22.6 Å². The molecule has 2 aromatic heterocycles. The molecule has 1 atom stereocenters. The number of phenols is 1. The van der Waals surface area contributed by atoms with E-state index in [0.717, 1.165) is 11.3 Å². The standard InChI is InChI=1S/C25H17NO5/c1-13-6-7-14(12-26-13)22-17-5-3-2-4-16(17)19(25(29)30)11-20-23(28)18-9-8-15(27)10-21(18)31-24(20)22/h2-12,22,27H,1H3,(H,29,30). The summed E-state index contributed by atoms with van der Waals surface area (Å²) in [5.74, 6) is -1.39. The maximum Gasteiger partial charge on any atom is 0.336 e. The molecule has 31 heavy (non-hydrogen) atoms. The van der Waals surface area contributed by atoms with E-state index in [4.69, 9.17) is 4.42 Å². The molecule has 0 spiro atoms. The summed E-state index contributed by atoms with van der Waals surface area (Å²) in [5.41, 5.74) is 2.89. The van der Waals surface area contributed by atoms with Crippen molar-refractivity contribution in [2.24, 2.45) is 0 Å². The van der Waals surface area contributed by atoms with Crippen LogP contribution < -0.4 is 5.43 Å². The van der Waals surface area contributed by atoms with Crippen molar-refractivity contribution in [2.75, 3.05) is 0 Å². The Labute approximate surface area is 176 Å². The van der Waals surface area contributed by atoms with Crippen LogP contribution in [0.3, 0.4) is 0 Å². The Balaban J connectivity index is 1.94. The van der Waals surface area contributed by atoms with Gasteiger partial charge < -0.3 is 14.6 Å².